The first-order valence-electron chi connectivity index (χ1n) is 4.47. The van der Waals surface area contributed by atoms with Crippen LogP contribution in [0.4, 0.5) is 0 Å². The van der Waals surface area contributed by atoms with Crippen LogP contribution in [0.5, 0.6) is 0 Å². The lowest BCUT2D eigenvalue weighted by Gasteiger charge is -1.90. The van der Waals surface area contributed by atoms with E-state index in [1.165, 1.54) is 19.3 Å². The highest BCUT2D eigenvalue weighted by Crippen LogP contribution is 1.99. The first-order valence-corrected chi connectivity index (χ1v) is 4.47. The van der Waals surface area contributed by atoms with Gasteiger partial charge in [-0.25, -0.2) is 0 Å². The van der Waals surface area contributed by atoms with Crippen molar-refractivity contribution in [2.24, 2.45) is 0 Å². The van der Waals surface area contributed by atoms with Gasteiger partial charge in [0.2, 0.25) is 0 Å². The Kier molecular flexibility index (Phi) is 9.03. The summed E-state index contributed by atoms with van der Waals surface area (Å²) >= 11 is 0. The summed E-state index contributed by atoms with van der Waals surface area (Å²) in [5, 5.41) is 0. The lowest BCUT2D eigenvalue weighted by molar-refractivity contribution is 0.759. The molecular formula is C11H19. The summed E-state index contributed by atoms with van der Waals surface area (Å²) in [5.41, 5.74) is 0. The molecule has 11 heavy (non-hydrogen) atoms. The highest BCUT2D eigenvalue weighted by molar-refractivity contribution is 4.91. The molecule has 0 fully saturated rings. The third-order valence-corrected chi connectivity index (χ3v) is 1.55. The van der Waals surface area contributed by atoms with E-state index in [4.69, 9.17) is 0 Å². The van der Waals surface area contributed by atoms with Crippen molar-refractivity contribution >= 4 is 0 Å². The minimum Gasteiger partial charge on any atom is -0.0914 e. The van der Waals surface area contributed by atoms with Gasteiger partial charge < -0.3 is 0 Å². The lowest BCUT2D eigenvalue weighted by Crippen LogP contribution is -1.70. The van der Waals surface area contributed by atoms with Crippen LogP contribution in [-0.2, 0) is 0 Å². The zero-order valence-corrected chi connectivity index (χ0v) is 7.55. The van der Waals surface area contributed by atoms with E-state index in [1.54, 1.807) is 0 Å². The summed E-state index contributed by atoms with van der Waals surface area (Å²) in [6.07, 6.45) is 14.7. The van der Waals surface area contributed by atoms with Gasteiger partial charge in [-0.15, -0.1) is 0 Å². The molecule has 0 rings (SSSR count). The van der Waals surface area contributed by atoms with Crippen molar-refractivity contribution in [3.63, 3.8) is 0 Å². The molecule has 0 aliphatic heterocycles. The van der Waals surface area contributed by atoms with Gasteiger partial charge in [0.1, 0.15) is 0 Å². The monoisotopic (exact) mass is 151 g/mol. The molecule has 0 aliphatic carbocycles. The predicted octanol–water partition coefficient (Wildman–Crippen LogP) is 3.90. The molecule has 0 N–H and O–H groups in total. The molecule has 0 aromatic rings. The third kappa shape index (κ3) is 9.48. The zero-order chi connectivity index (χ0) is 8.36. The fraction of sp³-hybridized carbons (Fsp3) is 0.545. The van der Waals surface area contributed by atoms with Gasteiger partial charge in [-0.2, -0.15) is 0 Å². The molecule has 0 spiro atoms. The molecule has 0 saturated heterocycles. The summed E-state index contributed by atoms with van der Waals surface area (Å²) in [7, 11) is 0. The first kappa shape index (κ1) is 10.5. The Morgan fingerprint density at radius 3 is 2.55 bits per heavy atom. The van der Waals surface area contributed by atoms with Gasteiger partial charge >= 0.3 is 0 Å². The quantitative estimate of drug-likeness (QED) is 0.399. The number of hydrogen-bond donors (Lipinski definition) is 0. The Labute approximate surface area is 71.0 Å². The van der Waals surface area contributed by atoms with Gasteiger partial charge in [-0.1, -0.05) is 44.1 Å². The fourth-order valence-corrected chi connectivity index (χ4v) is 0.868. The van der Waals surface area contributed by atoms with Crippen LogP contribution in [0.2, 0.25) is 0 Å². The Morgan fingerprint density at radius 2 is 1.91 bits per heavy atom. The molecule has 0 amide bonds. The maximum Gasteiger partial charge on any atom is -0.0169 e. The van der Waals surface area contributed by atoms with Gasteiger partial charge in [0, 0.05) is 0 Å². The molecule has 0 aromatic heterocycles. The normalized spacial score (nSPS) is 11.8. The van der Waals surface area contributed by atoms with Gasteiger partial charge in [0.15, 0.2) is 0 Å². The standard InChI is InChI=1S/C11H19/c1-3-5-7-9-11-10-8-6-4-2/h4,6,10-11H,1,3,5,7-9H2,2H3/b6-4+,11-10+. The second-order valence-corrected chi connectivity index (χ2v) is 2.63. The summed E-state index contributed by atoms with van der Waals surface area (Å²) in [6.45, 7) is 5.85. The summed E-state index contributed by atoms with van der Waals surface area (Å²) in [4.78, 5) is 0. The van der Waals surface area contributed by atoms with Gasteiger partial charge in [0.25, 0.3) is 0 Å². The van der Waals surface area contributed by atoms with E-state index in [0.717, 1.165) is 12.8 Å². The van der Waals surface area contributed by atoms with E-state index < -0.39 is 0 Å². The molecule has 0 heteroatoms. The van der Waals surface area contributed by atoms with Crippen LogP contribution in [0.15, 0.2) is 24.3 Å². The third-order valence-electron chi connectivity index (χ3n) is 1.55. The van der Waals surface area contributed by atoms with Gasteiger partial charge in [0.05, 0.1) is 0 Å². The van der Waals surface area contributed by atoms with Crippen LogP contribution in [0, 0.1) is 6.92 Å². The zero-order valence-electron chi connectivity index (χ0n) is 7.55. The average molecular weight is 151 g/mol. The Hall–Kier alpha value is -0.520. The molecule has 63 valence electrons. The highest BCUT2D eigenvalue weighted by Gasteiger charge is 1.80. The molecule has 0 atom stereocenters. The Bertz CT molecular complexity index is 109. The van der Waals surface area contributed by atoms with Crippen molar-refractivity contribution in [2.45, 2.75) is 39.0 Å². The lowest BCUT2D eigenvalue weighted by atomic mass is 10.2. The smallest absolute Gasteiger partial charge is 0.0169 e. The fourth-order valence-electron chi connectivity index (χ4n) is 0.868. The van der Waals surface area contributed by atoms with Gasteiger partial charge in [-0.3, -0.25) is 0 Å². The van der Waals surface area contributed by atoms with Crippen molar-refractivity contribution in [2.75, 3.05) is 0 Å². The molecule has 0 bridgehead atoms. The van der Waals surface area contributed by atoms with E-state index in [-0.39, 0.29) is 0 Å². The van der Waals surface area contributed by atoms with E-state index in [2.05, 4.69) is 38.2 Å². The number of rotatable bonds is 6. The molecule has 0 saturated carbocycles. The van der Waals surface area contributed by atoms with E-state index >= 15 is 0 Å². The Morgan fingerprint density at radius 1 is 1.09 bits per heavy atom. The second-order valence-electron chi connectivity index (χ2n) is 2.63. The average Bonchev–Trinajstić information content (AvgIpc) is 2.03. The molecule has 0 nitrogen and oxygen atoms in total. The summed E-state index contributed by atoms with van der Waals surface area (Å²) < 4.78 is 0. The van der Waals surface area contributed by atoms with E-state index in [1.807, 2.05) is 0 Å². The Balaban J connectivity index is 3.03. The SMILES string of the molecule is [CH2]CCCC/C=C/C/C=C/C. The highest BCUT2D eigenvalue weighted by atomic mass is 13.9. The number of hydrogen-bond acceptors (Lipinski definition) is 0. The van der Waals surface area contributed by atoms with E-state index in [9.17, 15) is 0 Å². The van der Waals surface area contributed by atoms with Crippen LogP contribution < -0.4 is 0 Å². The minimum absolute atomic E-state index is 1.07. The first-order chi connectivity index (χ1) is 5.41. The maximum atomic E-state index is 3.80. The molecule has 1 radical (unpaired) electrons. The molecule has 0 heterocycles. The van der Waals surface area contributed by atoms with Crippen molar-refractivity contribution in [3.8, 4) is 0 Å². The van der Waals surface area contributed by atoms with Crippen molar-refractivity contribution < 1.29 is 0 Å². The largest absolute Gasteiger partial charge is 0.0914 e. The molecule has 0 aromatic carbocycles. The topological polar surface area (TPSA) is 0 Å². The number of allylic oxidation sites excluding steroid dienone is 4. The maximum absolute atomic E-state index is 3.80. The summed E-state index contributed by atoms with van der Waals surface area (Å²) in [5.74, 6) is 0. The number of unbranched alkanes of at least 4 members (excludes halogenated alkanes) is 3. The minimum atomic E-state index is 1.07. The second kappa shape index (κ2) is 9.48. The molecular weight excluding hydrogens is 132 g/mol. The van der Waals surface area contributed by atoms with Crippen molar-refractivity contribution in [3.05, 3.63) is 31.2 Å². The molecule has 0 aliphatic rings. The van der Waals surface area contributed by atoms with Crippen LogP contribution in [0.1, 0.15) is 39.0 Å². The van der Waals surface area contributed by atoms with Crippen LogP contribution in [-0.4, -0.2) is 0 Å². The predicted molar refractivity (Wildman–Crippen MR) is 52.4 cm³/mol. The van der Waals surface area contributed by atoms with Crippen molar-refractivity contribution in [1.29, 1.82) is 0 Å². The van der Waals surface area contributed by atoms with Gasteiger partial charge in [-0.05, 0) is 26.2 Å². The van der Waals surface area contributed by atoms with Crippen molar-refractivity contribution in [1.82, 2.24) is 0 Å². The summed E-state index contributed by atoms with van der Waals surface area (Å²) in [6, 6.07) is 0. The van der Waals surface area contributed by atoms with Crippen LogP contribution >= 0.6 is 0 Å². The molecule has 0 unspecified atom stereocenters. The van der Waals surface area contributed by atoms with Crippen LogP contribution in [0.3, 0.4) is 0 Å². The van der Waals surface area contributed by atoms with E-state index in [0.29, 0.717) is 0 Å². The van der Waals surface area contributed by atoms with Crippen LogP contribution in [0.25, 0.3) is 0 Å².